The van der Waals surface area contributed by atoms with Gasteiger partial charge in [0.15, 0.2) is 5.78 Å². The van der Waals surface area contributed by atoms with Crippen LogP contribution < -0.4 is 15.8 Å². The first-order valence-electron chi connectivity index (χ1n) is 13.6. The van der Waals surface area contributed by atoms with E-state index in [-0.39, 0.29) is 18.0 Å². The number of ketones is 1. The number of amides is 4. The molecule has 43 heavy (non-hydrogen) atoms. The minimum atomic E-state index is -0.744. The van der Waals surface area contributed by atoms with E-state index in [2.05, 4.69) is 10.3 Å². The summed E-state index contributed by atoms with van der Waals surface area (Å²) < 4.78 is 6.32. The van der Waals surface area contributed by atoms with Gasteiger partial charge in [-0.2, -0.15) is 0 Å². The van der Waals surface area contributed by atoms with Gasteiger partial charge in [-0.25, -0.2) is 9.78 Å². The Balaban J connectivity index is 1.69. The molecule has 1 aromatic heterocycles. The van der Waals surface area contributed by atoms with E-state index in [4.69, 9.17) is 27.1 Å². The molecular weight excluding hydrogens is 592 g/mol. The molecule has 2 unspecified atom stereocenters. The Bertz CT molecular complexity index is 1590. The smallest absolute Gasteiger partial charge is 0.326 e. The van der Waals surface area contributed by atoms with Crippen LogP contribution in [-0.2, 0) is 9.59 Å². The normalized spacial score (nSPS) is 18.7. The maximum Gasteiger partial charge on any atom is 0.326 e. The summed E-state index contributed by atoms with van der Waals surface area (Å²) in [4.78, 5) is 63.6. The lowest BCUT2D eigenvalue weighted by atomic mass is 9.97. The maximum absolute atomic E-state index is 14.4. The lowest BCUT2D eigenvalue weighted by Gasteiger charge is -2.35. The molecule has 13 heteroatoms. The molecule has 2 atom stereocenters. The van der Waals surface area contributed by atoms with Gasteiger partial charge in [0.2, 0.25) is 11.8 Å². The molecule has 1 saturated heterocycles. The number of nitrogens with one attached hydrogen (secondary N) is 1. The number of aliphatic imine (C=N–C) groups is 1. The SMILES string of the molecule is CC(C)(C)Oc1cc(C(=O)CC(N)=O)ccc1C1=NC(c2cscn2)C(c2ccc(Cl)cc2)N1C(=O)N1CCNC(=O)C1. The zero-order valence-corrected chi connectivity index (χ0v) is 25.4. The summed E-state index contributed by atoms with van der Waals surface area (Å²) in [6.45, 7) is 6.10. The monoisotopic (exact) mass is 622 g/mol. The van der Waals surface area contributed by atoms with Crippen molar-refractivity contribution in [1.82, 2.24) is 20.1 Å². The highest BCUT2D eigenvalue weighted by atomic mass is 35.5. The number of hydrogen-bond acceptors (Lipinski definition) is 8. The van der Waals surface area contributed by atoms with E-state index >= 15 is 0 Å². The number of aromatic nitrogens is 1. The van der Waals surface area contributed by atoms with Gasteiger partial charge in [-0.05, 0) is 50.6 Å². The highest BCUT2D eigenvalue weighted by Crippen LogP contribution is 2.45. The zero-order chi connectivity index (χ0) is 30.9. The van der Waals surface area contributed by atoms with Gasteiger partial charge in [-0.3, -0.25) is 24.3 Å². The van der Waals surface area contributed by atoms with Crippen LogP contribution in [0.1, 0.15) is 66.5 Å². The number of piperazine rings is 1. The molecule has 0 saturated carbocycles. The van der Waals surface area contributed by atoms with Crippen LogP contribution in [-0.4, -0.2) is 69.5 Å². The van der Waals surface area contributed by atoms with Gasteiger partial charge in [0.25, 0.3) is 0 Å². The number of carbonyl (C=O) groups excluding carboxylic acids is 4. The summed E-state index contributed by atoms with van der Waals surface area (Å²) >= 11 is 7.64. The number of Topliss-reactive ketones (excluding diaryl/α,β-unsaturated/α-hetero) is 1. The fourth-order valence-electron chi connectivity index (χ4n) is 5.04. The number of halogens is 1. The van der Waals surface area contributed by atoms with E-state index in [1.807, 2.05) is 38.3 Å². The molecule has 2 aliphatic heterocycles. The molecular formula is C30H31ClN6O5S. The van der Waals surface area contributed by atoms with Gasteiger partial charge in [-0.1, -0.05) is 29.8 Å². The highest BCUT2D eigenvalue weighted by Gasteiger charge is 2.46. The number of rotatable bonds is 7. The Morgan fingerprint density at radius 3 is 2.53 bits per heavy atom. The Labute approximate surface area is 257 Å². The quantitative estimate of drug-likeness (QED) is 0.299. The van der Waals surface area contributed by atoms with Crippen molar-refractivity contribution in [3.05, 3.63) is 80.8 Å². The molecule has 1 fully saturated rings. The molecule has 3 heterocycles. The van der Waals surface area contributed by atoms with Crippen LogP contribution in [0, 0.1) is 0 Å². The number of nitrogens with zero attached hydrogens (tertiary/aromatic N) is 4. The fraction of sp³-hybridized carbons (Fsp3) is 0.333. The number of hydrogen-bond donors (Lipinski definition) is 2. The Morgan fingerprint density at radius 1 is 1.16 bits per heavy atom. The summed E-state index contributed by atoms with van der Waals surface area (Å²) in [5, 5.41) is 5.18. The van der Waals surface area contributed by atoms with Crippen molar-refractivity contribution >= 4 is 52.4 Å². The first-order chi connectivity index (χ1) is 20.4. The second-order valence-electron chi connectivity index (χ2n) is 11.2. The molecule has 2 aliphatic rings. The number of nitrogens with two attached hydrogens (primary N) is 1. The summed E-state index contributed by atoms with van der Waals surface area (Å²) in [6.07, 6.45) is -0.457. The lowest BCUT2D eigenvalue weighted by Crippen LogP contribution is -2.55. The highest BCUT2D eigenvalue weighted by molar-refractivity contribution is 7.07. The van der Waals surface area contributed by atoms with Crippen LogP contribution in [0.4, 0.5) is 4.79 Å². The molecule has 0 bridgehead atoms. The van der Waals surface area contributed by atoms with Crippen molar-refractivity contribution < 1.29 is 23.9 Å². The Morgan fingerprint density at radius 2 is 1.91 bits per heavy atom. The van der Waals surface area contributed by atoms with E-state index in [0.717, 1.165) is 5.56 Å². The van der Waals surface area contributed by atoms with E-state index in [1.165, 1.54) is 16.2 Å². The first kappa shape index (κ1) is 30.2. The van der Waals surface area contributed by atoms with Crippen molar-refractivity contribution in [2.45, 2.75) is 44.9 Å². The van der Waals surface area contributed by atoms with Crippen LogP contribution in [0.5, 0.6) is 5.75 Å². The second-order valence-corrected chi connectivity index (χ2v) is 12.4. The minimum absolute atomic E-state index is 0.108. The minimum Gasteiger partial charge on any atom is -0.487 e. The summed E-state index contributed by atoms with van der Waals surface area (Å²) in [5.74, 6) is -0.873. The fourth-order valence-corrected chi connectivity index (χ4v) is 5.75. The van der Waals surface area contributed by atoms with Gasteiger partial charge < -0.3 is 20.7 Å². The van der Waals surface area contributed by atoms with Crippen LogP contribution in [0.3, 0.4) is 0 Å². The molecule has 3 aromatic rings. The molecule has 4 amide bonds. The molecule has 2 aromatic carbocycles. The van der Waals surface area contributed by atoms with Gasteiger partial charge in [-0.15, -0.1) is 11.3 Å². The van der Waals surface area contributed by atoms with Crippen molar-refractivity contribution in [2.24, 2.45) is 10.7 Å². The zero-order valence-electron chi connectivity index (χ0n) is 23.9. The molecule has 11 nitrogen and oxygen atoms in total. The number of urea groups is 1. The first-order valence-corrected chi connectivity index (χ1v) is 14.9. The van der Waals surface area contributed by atoms with Crippen molar-refractivity contribution in [3.63, 3.8) is 0 Å². The number of primary amides is 1. The number of amidine groups is 1. The molecule has 0 radical (unpaired) electrons. The molecule has 0 spiro atoms. The predicted molar refractivity (Wildman–Crippen MR) is 162 cm³/mol. The Hall–Kier alpha value is -4.29. The third-order valence-electron chi connectivity index (χ3n) is 6.84. The lowest BCUT2D eigenvalue weighted by molar-refractivity contribution is -0.123. The molecule has 0 aliphatic carbocycles. The van der Waals surface area contributed by atoms with Crippen molar-refractivity contribution in [2.75, 3.05) is 19.6 Å². The van der Waals surface area contributed by atoms with Crippen molar-refractivity contribution in [3.8, 4) is 5.75 Å². The van der Waals surface area contributed by atoms with Crippen LogP contribution in [0.2, 0.25) is 5.02 Å². The van der Waals surface area contributed by atoms with Gasteiger partial charge in [0.05, 0.1) is 29.2 Å². The van der Waals surface area contributed by atoms with E-state index in [0.29, 0.717) is 41.0 Å². The Kier molecular flexibility index (Phi) is 8.52. The third-order valence-corrected chi connectivity index (χ3v) is 7.70. The summed E-state index contributed by atoms with van der Waals surface area (Å²) in [6, 6.07) is 10.3. The molecule has 3 N–H and O–H groups in total. The number of ether oxygens (including phenoxy) is 1. The third kappa shape index (κ3) is 6.70. The van der Waals surface area contributed by atoms with E-state index < -0.39 is 41.8 Å². The average Bonchev–Trinajstić information content (AvgIpc) is 3.60. The van der Waals surface area contributed by atoms with Gasteiger partial charge in [0.1, 0.15) is 29.8 Å². The number of carbonyl (C=O) groups is 4. The van der Waals surface area contributed by atoms with Crippen LogP contribution in [0.15, 0.2) is 58.3 Å². The molecule has 5 rings (SSSR count). The van der Waals surface area contributed by atoms with E-state index in [9.17, 15) is 19.2 Å². The average molecular weight is 623 g/mol. The predicted octanol–water partition coefficient (Wildman–Crippen LogP) is 4.13. The standard InChI is InChI=1S/C30H31ClN6O5S/c1-30(2,3)42-23-12-18(22(38)13-24(32)39)6-9-20(23)28-35-26(21-15-43-16-34-21)27(17-4-7-19(31)8-5-17)37(28)29(41)36-11-10-33-25(40)14-36/h4-9,12,15-16,26-27H,10-11,13-14H2,1-3H3,(H2,32,39)(H,33,40). The topological polar surface area (TPSA) is 147 Å². The summed E-state index contributed by atoms with van der Waals surface area (Å²) in [5.41, 5.74) is 8.41. The maximum atomic E-state index is 14.4. The summed E-state index contributed by atoms with van der Waals surface area (Å²) in [7, 11) is 0. The van der Waals surface area contributed by atoms with E-state index in [1.54, 1.807) is 40.7 Å². The number of benzene rings is 2. The number of thiazole rings is 1. The van der Waals surface area contributed by atoms with Crippen LogP contribution in [0.25, 0.3) is 0 Å². The van der Waals surface area contributed by atoms with Crippen LogP contribution >= 0.6 is 22.9 Å². The van der Waals surface area contributed by atoms with Gasteiger partial charge in [0, 0.05) is 29.1 Å². The molecule has 224 valence electrons. The largest absolute Gasteiger partial charge is 0.487 e. The van der Waals surface area contributed by atoms with Crippen molar-refractivity contribution in [1.29, 1.82) is 0 Å². The second kappa shape index (κ2) is 12.1. The van der Waals surface area contributed by atoms with Gasteiger partial charge >= 0.3 is 6.03 Å².